The third-order valence-corrected chi connectivity index (χ3v) is 3.58. The Labute approximate surface area is 61.9 Å². The predicted molar refractivity (Wildman–Crippen MR) is 38.3 cm³/mol. The number of rotatable bonds is 3. The fourth-order valence-corrected chi connectivity index (χ4v) is 2.07. The topological polar surface area (TPSA) is 54.4 Å². The molecule has 2 atom stereocenters. The predicted octanol–water partition coefficient (Wildman–Crippen LogP) is 0.371. The van der Waals surface area contributed by atoms with Crippen LogP contribution in [0.4, 0.5) is 0 Å². The Bertz CT molecular complexity index is 174. The fraction of sp³-hybridized carbons (Fsp3) is 0.833. The molecule has 0 saturated heterocycles. The summed E-state index contributed by atoms with van der Waals surface area (Å²) >= 11 is 0. The summed E-state index contributed by atoms with van der Waals surface area (Å²) in [7, 11) is -1.14. The molecule has 1 aliphatic carbocycles. The van der Waals surface area contributed by atoms with E-state index >= 15 is 0 Å². The van der Waals surface area contributed by atoms with Crippen molar-refractivity contribution in [2.45, 2.75) is 30.3 Å². The van der Waals surface area contributed by atoms with Crippen molar-refractivity contribution in [1.29, 1.82) is 0 Å². The highest BCUT2D eigenvalue weighted by Crippen LogP contribution is 2.28. The maximum atomic E-state index is 11.1. The minimum atomic E-state index is -1.14. The zero-order valence-corrected chi connectivity index (χ0v) is 6.56. The molecule has 4 heteroatoms. The fourth-order valence-electron chi connectivity index (χ4n) is 0.688. The van der Waals surface area contributed by atoms with E-state index in [1.54, 1.807) is 0 Å². The Morgan fingerprint density at radius 2 is 2.20 bits per heavy atom. The van der Waals surface area contributed by atoms with Crippen LogP contribution in [0.3, 0.4) is 0 Å². The van der Waals surface area contributed by atoms with Gasteiger partial charge in [0.25, 0.3) is 0 Å². The minimum Gasteiger partial charge on any atom is -0.480 e. The van der Waals surface area contributed by atoms with Crippen molar-refractivity contribution in [3.8, 4) is 0 Å². The zero-order chi connectivity index (χ0) is 7.72. The largest absolute Gasteiger partial charge is 0.480 e. The first-order chi connectivity index (χ1) is 4.63. The van der Waals surface area contributed by atoms with Gasteiger partial charge in [-0.1, -0.05) is 0 Å². The van der Waals surface area contributed by atoms with Crippen LogP contribution in [0.25, 0.3) is 0 Å². The second-order valence-electron chi connectivity index (χ2n) is 2.51. The number of hydrogen-bond acceptors (Lipinski definition) is 2. The van der Waals surface area contributed by atoms with Gasteiger partial charge in [-0.2, -0.15) is 0 Å². The normalized spacial score (nSPS) is 23.7. The molecule has 1 aliphatic rings. The van der Waals surface area contributed by atoms with Gasteiger partial charge in [0.1, 0.15) is 5.25 Å². The Hall–Kier alpha value is -0.380. The lowest BCUT2D eigenvalue weighted by molar-refractivity contribution is -0.136. The summed E-state index contributed by atoms with van der Waals surface area (Å²) in [5, 5.41) is 7.92. The smallest absolute Gasteiger partial charge is 0.318 e. The van der Waals surface area contributed by atoms with E-state index in [-0.39, 0.29) is 5.25 Å². The van der Waals surface area contributed by atoms with E-state index in [9.17, 15) is 9.00 Å². The quantitative estimate of drug-likeness (QED) is 0.652. The van der Waals surface area contributed by atoms with Gasteiger partial charge in [0.05, 0.1) is 0 Å². The summed E-state index contributed by atoms with van der Waals surface area (Å²) in [6.07, 6.45) is 1.87. The molecule has 0 amide bonds. The Balaban J connectivity index is 2.46. The number of aliphatic carboxylic acids is 1. The highest BCUT2D eigenvalue weighted by atomic mass is 32.2. The Morgan fingerprint density at radius 1 is 1.70 bits per heavy atom. The number of carboxylic acids is 1. The molecule has 1 fully saturated rings. The van der Waals surface area contributed by atoms with Crippen LogP contribution < -0.4 is 0 Å². The lowest BCUT2D eigenvalue weighted by Gasteiger charge is -2.02. The van der Waals surface area contributed by atoms with E-state index in [2.05, 4.69) is 0 Å². The number of hydrogen-bond donors (Lipinski definition) is 1. The molecule has 1 saturated carbocycles. The molecule has 0 radical (unpaired) electrons. The van der Waals surface area contributed by atoms with Gasteiger partial charge in [-0.3, -0.25) is 9.00 Å². The van der Waals surface area contributed by atoms with E-state index < -0.39 is 22.0 Å². The van der Waals surface area contributed by atoms with Gasteiger partial charge >= 0.3 is 5.97 Å². The van der Waals surface area contributed by atoms with Crippen molar-refractivity contribution in [2.75, 3.05) is 0 Å². The Kier molecular flexibility index (Phi) is 2.08. The van der Waals surface area contributed by atoms with E-state index in [4.69, 9.17) is 5.11 Å². The lowest BCUT2D eigenvalue weighted by atomic mass is 10.5. The van der Waals surface area contributed by atoms with E-state index in [1.165, 1.54) is 6.92 Å². The average Bonchev–Trinajstić information content (AvgIpc) is 2.65. The van der Waals surface area contributed by atoms with Crippen LogP contribution in [0.1, 0.15) is 19.8 Å². The second kappa shape index (κ2) is 2.70. The van der Waals surface area contributed by atoms with Crippen LogP contribution in [0.5, 0.6) is 0 Å². The maximum absolute atomic E-state index is 11.1. The molecular weight excluding hydrogens is 152 g/mol. The van der Waals surface area contributed by atoms with Crippen molar-refractivity contribution in [1.82, 2.24) is 0 Å². The highest BCUT2D eigenvalue weighted by molar-refractivity contribution is 7.87. The molecule has 0 spiro atoms. The van der Waals surface area contributed by atoms with Gasteiger partial charge in [0.2, 0.25) is 0 Å². The molecule has 0 aromatic rings. The summed E-state index contributed by atoms with van der Waals surface area (Å²) in [5.74, 6) is -0.953. The van der Waals surface area contributed by atoms with Crippen LogP contribution in [-0.2, 0) is 15.6 Å². The van der Waals surface area contributed by atoms with Crippen molar-refractivity contribution < 1.29 is 14.1 Å². The van der Waals surface area contributed by atoms with E-state index in [0.29, 0.717) is 0 Å². The molecule has 3 nitrogen and oxygen atoms in total. The van der Waals surface area contributed by atoms with Crippen molar-refractivity contribution in [2.24, 2.45) is 0 Å². The average molecular weight is 162 g/mol. The third-order valence-electron chi connectivity index (χ3n) is 1.55. The van der Waals surface area contributed by atoms with Gasteiger partial charge in [-0.05, 0) is 19.8 Å². The molecular formula is C6H10O3S. The molecule has 2 unspecified atom stereocenters. The minimum absolute atomic E-state index is 0.172. The molecule has 0 bridgehead atoms. The maximum Gasteiger partial charge on any atom is 0.318 e. The molecule has 0 heterocycles. The molecule has 0 aliphatic heterocycles. The van der Waals surface area contributed by atoms with Crippen LogP contribution in [0.15, 0.2) is 0 Å². The van der Waals surface area contributed by atoms with Gasteiger partial charge in [-0.25, -0.2) is 0 Å². The first-order valence-corrected chi connectivity index (χ1v) is 4.52. The van der Waals surface area contributed by atoms with Gasteiger partial charge in [-0.15, -0.1) is 0 Å². The van der Waals surface area contributed by atoms with Crippen LogP contribution in [0, 0.1) is 0 Å². The van der Waals surface area contributed by atoms with Crippen LogP contribution >= 0.6 is 0 Å². The highest BCUT2D eigenvalue weighted by Gasteiger charge is 2.34. The summed E-state index contributed by atoms with van der Waals surface area (Å²) in [6, 6.07) is 0. The molecule has 0 aromatic carbocycles. The zero-order valence-electron chi connectivity index (χ0n) is 5.74. The van der Waals surface area contributed by atoms with Crippen molar-refractivity contribution in [3.05, 3.63) is 0 Å². The first-order valence-electron chi connectivity index (χ1n) is 3.25. The molecule has 0 aromatic heterocycles. The number of carboxylic acid groups (broad SMARTS) is 1. The lowest BCUT2D eigenvalue weighted by Crippen LogP contribution is -2.24. The SMILES string of the molecule is CC(C(=O)O)S(=O)C1CC1. The standard InChI is InChI=1S/C6H10O3S/c1-4(6(7)8)10(9)5-2-3-5/h4-5H,2-3H2,1H3,(H,7,8). The molecule has 1 rings (SSSR count). The second-order valence-corrected chi connectivity index (χ2v) is 4.54. The van der Waals surface area contributed by atoms with Crippen molar-refractivity contribution >= 4 is 16.8 Å². The van der Waals surface area contributed by atoms with Crippen molar-refractivity contribution in [3.63, 3.8) is 0 Å². The van der Waals surface area contributed by atoms with Crippen LogP contribution in [-0.4, -0.2) is 25.8 Å². The van der Waals surface area contributed by atoms with Gasteiger partial charge < -0.3 is 5.11 Å². The van der Waals surface area contributed by atoms with E-state index in [1.807, 2.05) is 0 Å². The van der Waals surface area contributed by atoms with Gasteiger partial charge in [0.15, 0.2) is 0 Å². The summed E-state index contributed by atoms with van der Waals surface area (Å²) in [4.78, 5) is 10.3. The molecule has 1 N–H and O–H groups in total. The molecule has 10 heavy (non-hydrogen) atoms. The van der Waals surface area contributed by atoms with Crippen LogP contribution in [0.2, 0.25) is 0 Å². The summed E-state index contributed by atoms with van der Waals surface area (Å²) < 4.78 is 11.1. The van der Waals surface area contributed by atoms with Gasteiger partial charge in [0, 0.05) is 16.0 Å². The summed E-state index contributed by atoms with van der Waals surface area (Å²) in [6.45, 7) is 1.50. The summed E-state index contributed by atoms with van der Waals surface area (Å²) in [5.41, 5.74) is 0. The molecule has 58 valence electrons. The monoisotopic (exact) mass is 162 g/mol. The van der Waals surface area contributed by atoms with E-state index in [0.717, 1.165) is 12.8 Å². The first kappa shape index (κ1) is 7.72. The third kappa shape index (κ3) is 1.56. The Morgan fingerprint density at radius 3 is 2.50 bits per heavy atom. The number of carbonyl (C=O) groups is 1.